The molecule has 1 aromatic rings. The van der Waals surface area contributed by atoms with Gasteiger partial charge in [0, 0.05) is 31.1 Å². The molecule has 0 radical (unpaired) electrons. The van der Waals surface area contributed by atoms with E-state index in [4.69, 9.17) is 4.74 Å². The van der Waals surface area contributed by atoms with Crippen molar-refractivity contribution in [2.24, 2.45) is 0 Å². The molecular formula is C16H28N4O2S. The normalized spacial score (nSPS) is 17.5. The quantitative estimate of drug-likeness (QED) is 0.913. The van der Waals surface area contributed by atoms with Crippen LogP contribution in [0.15, 0.2) is 5.38 Å². The fourth-order valence-corrected chi connectivity index (χ4v) is 3.34. The summed E-state index contributed by atoms with van der Waals surface area (Å²) in [5.41, 5.74) is 0.505. The second kappa shape index (κ2) is 7.59. The van der Waals surface area contributed by atoms with Gasteiger partial charge in [0.15, 0.2) is 5.13 Å². The lowest BCUT2D eigenvalue weighted by molar-refractivity contribution is 0.0636. The molecule has 1 saturated heterocycles. The number of rotatable bonds is 4. The molecule has 7 heteroatoms. The highest BCUT2D eigenvalue weighted by molar-refractivity contribution is 7.13. The number of aromatic nitrogens is 1. The zero-order valence-corrected chi connectivity index (χ0v) is 15.6. The number of likely N-dealkylation sites (tertiary alicyclic amines) is 1. The van der Waals surface area contributed by atoms with Gasteiger partial charge in [-0.25, -0.2) is 9.78 Å². The maximum atomic E-state index is 11.7. The van der Waals surface area contributed by atoms with Crippen molar-refractivity contribution in [3.05, 3.63) is 11.1 Å². The minimum absolute atomic E-state index is 0.454. The molecular weight excluding hydrogens is 312 g/mol. The lowest BCUT2D eigenvalue weighted by Crippen LogP contribution is -2.41. The van der Waals surface area contributed by atoms with Crippen LogP contribution in [0.5, 0.6) is 0 Å². The molecule has 1 amide bonds. The van der Waals surface area contributed by atoms with Crippen molar-refractivity contribution in [2.75, 3.05) is 32.5 Å². The zero-order chi connectivity index (χ0) is 17.0. The van der Waals surface area contributed by atoms with E-state index in [1.165, 1.54) is 24.2 Å². The summed E-state index contributed by atoms with van der Waals surface area (Å²) in [6, 6.07) is 0.686. The number of nitrogens with one attached hydrogen (secondary N) is 1. The third-order valence-electron chi connectivity index (χ3n) is 3.83. The van der Waals surface area contributed by atoms with Crippen LogP contribution in [0.25, 0.3) is 0 Å². The first kappa shape index (κ1) is 18.2. The van der Waals surface area contributed by atoms with E-state index in [0.717, 1.165) is 25.3 Å². The van der Waals surface area contributed by atoms with Gasteiger partial charge in [0.2, 0.25) is 0 Å². The molecule has 0 unspecified atom stereocenters. The summed E-state index contributed by atoms with van der Waals surface area (Å²) in [4.78, 5) is 21.0. The number of thiazole rings is 1. The maximum absolute atomic E-state index is 11.7. The smallest absolute Gasteiger partial charge is 0.413 e. The third kappa shape index (κ3) is 6.08. The Morgan fingerprint density at radius 2 is 2.09 bits per heavy atom. The van der Waals surface area contributed by atoms with Crippen LogP contribution < -0.4 is 5.32 Å². The standard InChI is InChI=1S/C16H28N4O2S/c1-16(2,3)22-15(21)18-14-17-12(11-23-14)10-20-8-6-13(7-9-20)19(4)5/h11,13H,6-10H2,1-5H3,(H,17,18,21). The van der Waals surface area contributed by atoms with Crippen LogP contribution in [0.4, 0.5) is 9.93 Å². The van der Waals surface area contributed by atoms with Gasteiger partial charge in [-0.1, -0.05) is 0 Å². The highest BCUT2D eigenvalue weighted by Crippen LogP contribution is 2.20. The van der Waals surface area contributed by atoms with E-state index in [9.17, 15) is 4.79 Å². The van der Waals surface area contributed by atoms with Crippen LogP contribution in [0.2, 0.25) is 0 Å². The van der Waals surface area contributed by atoms with Crippen molar-refractivity contribution in [1.29, 1.82) is 0 Å². The van der Waals surface area contributed by atoms with Crippen molar-refractivity contribution < 1.29 is 9.53 Å². The predicted molar refractivity (Wildman–Crippen MR) is 94.0 cm³/mol. The molecule has 0 atom stereocenters. The minimum atomic E-state index is -0.499. The zero-order valence-electron chi connectivity index (χ0n) is 14.8. The van der Waals surface area contributed by atoms with Crippen LogP contribution >= 0.6 is 11.3 Å². The van der Waals surface area contributed by atoms with Crippen molar-refractivity contribution in [2.45, 2.75) is 51.8 Å². The first-order valence-corrected chi connectivity index (χ1v) is 8.94. The Kier molecular flexibility index (Phi) is 6.00. The largest absolute Gasteiger partial charge is 0.444 e. The van der Waals surface area contributed by atoms with E-state index < -0.39 is 11.7 Å². The van der Waals surface area contributed by atoms with Gasteiger partial charge in [-0.05, 0) is 47.7 Å². The van der Waals surface area contributed by atoms with E-state index in [1.54, 1.807) is 0 Å². The number of ether oxygens (including phenoxy) is 1. The average Bonchev–Trinajstić information content (AvgIpc) is 2.84. The van der Waals surface area contributed by atoms with Crippen LogP contribution in [0, 0.1) is 0 Å². The lowest BCUT2D eigenvalue weighted by atomic mass is 10.0. The molecule has 2 heterocycles. The van der Waals surface area contributed by atoms with Crippen LogP contribution in [0.1, 0.15) is 39.3 Å². The summed E-state index contributed by atoms with van der Waals surface area (Å²) in [6.45, 7) is 8.56. The fraction of sp³-hybridized carbons (Fsp3) is 0.750. The van der Waals surface area contributed by atoms with Gasteiger partial charge < -0.3 is 9.64 Å². The first-order valence-electron chi connectivity index (χ1n) is 8.06. The molecule has 1 aliphatic rings. The Labute approximate surface area is 142 Å². The van der Waals surface area contributed by atoms with Gasteiger partial charge in [0.05, 0.1) is 5.69 Å². The van der Waals surface area contributed by atoms with E-state index in [-0.39, 0.29) is 0 Å². The number of hydrogen-bond donors (Lipinski definition) is 1. The van der Waals surface area contributed by atoms with Crippen molar-refractivity contribution in [3.8, 4) is 0 Å². The Morgan fingerprint density at radius 1 is 1.43 bits per heavy atom. The van der Waals surface area contributed by atoms with Crippen molar-refractivity contribution in [1.82, 2.24) is 14.8 Å². The predicted octanol–water partition coefficient (Wildman–Crippen LogP) is 3.02. The number of anilines is 1. The number of hydrogen-bond acceptors (Lipinski definition) is 6. The molecule has 0 spiro atoms. The lowest BCUT2D eigenvalue weighted by Gasteiger charge is -2.34. The Hall–Kier alpha value is -1.18. The molecule has 1 N–H and O–H groups in total. The molecule has 23 heavy (non-hydrogen) atoms. The van der Waals surface area contributed by atoms with Gasteiger partial charge in [-0.3, -0.25) is 10.2 Å². The molecule has 1 fully saturated rings. The number of amides is 1. The maximum Gasteiger partial charge on any atom is 0.413 e. The monoisotopic (exact) mass is 340 g/mol. The van der Waals surface area contributed by atoms with Crippen LogP contribution in [-0.4, -0.2) is 59.7 Å². The summed E-state index contributed by atoms with van der Waals surface area (Å²) in [5.74, 6) is 0. The summed E-state index contributed by atoms with van der Waals surface area (Å²) < 4.78 is 5.24. The second-order valence-electron chi connectivity index (χ2n) is 7.24. The molecule has 130 valence electrons. The van der Waals surface area contributed by atoms with Gasteiger partial charge in [0.25, 0.3) is 0 Å². The number of carbonyl (C=O) groups is 1. The fourth-order valence-electron chi connectivity index (χ4n) is 2.65. The summed E-state index contributed by atoms with van der Waals surface area (Å²) in [6.07, 6.45) is 1.94. The molecule has 2 rings (SSSR count). The number of carbonyl (C=O) groups excluding carboxylic acids is 1. The highest BCUT2D eigenvalue weighted by atomic mass is 32.1. The Morgan fingerprint density at radius 3 is 2.65 bits per heavy atom. The second-order valence-corrected chi connectivity index (χ2v) is 8.10. The first-order chi connectivity index (χ1) is 10.7. The van der Waals surface area contributed by atoms with E-state index >= 15 is 0 Å². The number of nitrogens with zero attached hydrogens (tertiary/aromatic N) is 3. The SMILES string of the molecule is CN(C)C1CCN(Cc2csc(NC(=O)OC(C)(C)C)n2)CC1. The molecule has 0 aromatic carbocycles. The van der Waals surface area contributed by atoms with Crippen LogP contribution in [0.3, 0.4) is 0 Å². The van der Waals surface area contributed by atoms with E-state index in [2.05, 4.69) is 34.2 Å². The molecule has 6 nitrogen and oxygen atoms in total. The summed E-state index contributed by atoms with van der Waals surface area (Å²) in [5, 5.41) is 5.30. The van der Waals surface area contributed by atoms with E-state index in [1.807, 2.05) is 26.2 Å². The van der Waals surface area contributed by atoms with E-state index in [0.29, 0.717) is 11.2 Å². The summed E-state index contributed by atoms with van der Waals surface area (Å²) in [7, 11) is 4.30. The minimum Gasteiger partial charge on any atom is -0.444 e. The van der Waals surface area contributed by atoms with Gasteiger partial charge >= 0.3 is 6.09 Å². The van der Waals surface area contributed by atoms with Gasteiger partial charge in [-0.2, -0.15) is 0 Å². The molecule has 0 bridgehead atoms. The topological polar surface area (TPSA) is 57.7 Å². The van der Waals surface area contributed by atoms with Gasteiger partial charge in [-0.15, -0.1) is 11.3 Å². The average molecular weight is 340 g/mol. The molecule has 0 aliphatic carbocycles. The third-order valence-corrected chi connectivity index (χ3v) is 4.64. The Balaban J connectivity index is 1.80. The van der Waals surface area contributed by atoms with Crippen molar-refractivity contribution in [3.63, 3.8) is 0 Å². The van der Waals surface area contributed by atoms with Gasteiger partial charge in [0.1, 0.15) is 5.60 Å². The number of piperidine rings is 1. The molecule has 0 saturated carbocycles. The highest BCUT2D eigenvalue weighted by Gasteiger charge is 2.21. The summed E-state index contributed by atoms with van der Waals surface area (Å²) >= 11 is 1.44. The van der Waals surface area contributed by atoms with Crippen molar-refractivity contribution >= 4 is 22.6 Å². The van der Waals surface area contributed by atoms with Crippen LogP contribution in [-0.2, 0) is 11.3 Å². The molecule has 1 aromatic heterocycles. The molecule has 1 aliphatic heterocycles. The Bertz CT molecular complexity index is 516.